The van der Waals surface area contributed by atoms with Crippen molar-refractivity contribution in [3.63, 3.8) is 0 Å². The van der Waals surface area contributed by atoms with Crippen molar-refractivity contribution in [2.24, 2.45) is 0 Å². The fraction of sp³-hybridized carbons (Fsp3) is 0.400. The zero-order valence-electron chi connectivity index (χ0n) is 18.3. The molecule has 1 aromatic heterocycles. The highest BCUT2D eigenvalue weighted by Gasteiger charge is 2.21. The van der Waals surface area contributed by atoms with E-state index in [2.05, 4.69) is 56.6 Å². The van der Waals surface area contributed by atoms with Gasteiger partial charge in [0.05, 0.1) is 12.1 Å². The van der Waals surface area contributed by atoms with E-state index in [4.69, 9.17) is 9.47 Å². The highest BCUT2D eigenvalue weighted by Crippen LogP contribution is 2.37. The molecule has 3 rings (SSSR count). The first kappa shape index (κ1) is 21.0. The van der Waals surface area contributed by atoms with Crippen LogP contribution >= 0.6 is 0 Å². The van der Waals surface area contributed by atoms with E-state index in [0.29, 0.717) is 13.0 Å². The second-order valence-corrected chi connectivity index (χ2v) is 8.27. The Morgan fingerprint density at radius 3 is 2.62 bits per heavy atom. The quantitative estimate of drug-likeness (QED) is 0.396. The first-order valence-electron chi connectivity index (χ1n) is 10.2. The highest BCUT2D eigenvalue weighted by atomic mass is 16.5. The molecular formula is C25H31NO3. The molecule has 1 N–H and O–H groups in total. The number of carbonyl (C=O) groups is 1. The number of ether oxygens (including phenoxy) is 2. The average molecular weight is 394 g/mol. The number of carbonyl (C=O) groups excluding carboxylic acids is 1. The predicted octanol–water partition coefficient (Wildman–Crippen LogP) is 5.99. The fourth-order valence-electron chi connectivity index (χ4n) is 3.87. The van der Waals surface area contributed by atoms with E-state index in [0.717, 1.165) is 38.7 Å². The third-order valence-electron chi connectivity index (χ3n) is 5.65. The van der Waals surface area contributed by atoms with Crippen LogP contribution in [0.1, 0.15) is 51.3 Å². The van der Waals surface area contributed by atoms with E-state index in [1.807, 2.05) is 19.9 Å². The van der Waals surface area contributed by atoms with Crippen LogP contribution in [0.3, 0.4) is 0 Å². The minimum absolute atomic E-state index is 0.113. The van der Waals surface area contributed by atoms with Crippen LogP contribution in [-0.4, -0.2) is 23.7 Å². The summed E-state index contributed by atoms with van der Waals surface area (Å²) in [4.78, 5) is 15.0. The van der Waals surface area contributed by atoms with Gasteiger partial charge in [-0.1, -0.05) is 26.0 Å². The number of H-pyrrole nitrogens is 1. The summed E-state index contributed by atoms with van der Waals surface area (Å²) in [5, 5.41) is 2.29. The van der Waals surface area contributed by atoms with Crippen molar-refractivity contribution < 1.29 is 14.3 Å². The minimum atomic E-state index is -0.264. The summed E-state index contributed by atoms with van der Waals surface area (Å²) in [6, 6.07) is 8.64. The van der Waals surface area contributed by atoms with Crippen molar-refractivity contribution in [1.29, 1.82) is 0 Å². The molecule has 1 unspecified atom stereocenters. The maximum atomic E-state index is 11.4. The van der Waals surface area contributed by atoms with Crippen molar-refractivity contribution in [3.8, 4) is 5.75 Å². The van der Waals surface area contributed by atoms with Gasteiger partial charge in [-0.05, 0) is 55.7 Å². The zero-order chi connectivity index (χ0) is 21.3. The van der Waals surface area contributed by atoms with Gasteiger partial charge in [0.15, 0.2) is 0 Å². The van der Waals surface area contributed by atoms with Crippen LogP contribution < -0.4 is 4.74 Å². The Morgan fingerprint density at radius 1 is 1.28 bits per heavy atom. The number of esters is 1. The molecule has 0 fully saturated rings. The molecular weight excluding hydrogens is 362 g/mol. The molecule has 1 atom stereocenters. The van der Waals surface area contributed by atoms with Gasteiger partial charge in [0.25, 0.3) is 0 Å². The Hall–Kier alpha value is -2.75. The Labute approximate surface area is 172 Å². The maximum Gasteiger partial charge on any atom is 0.302 e. The van der Waals surface area contributed by atoms with E-state index >= 15 is 0 Å². The number of hydrogen-bond acceptors (Lipinski definition) is 3. The number of allylic oxidation sites excluding steroid dienone is 1. The molecule has 0 radical (unpaired) electrons. The van der Waals surface area contributed by atoms with E-state index in [-0.39, 0.29) is 17.5 Å². The lowest BCUT2D eigenvalue weighted by Crippen LogP contribution is -2.16. The van der Waals surface area contributed by atoms with E-state index in [9.17, 15) is 4.79 Å². The van der Waals surface area contributed by atoms with Crippen LogP contribution in [0.2, 0.25) is 0 Å². The lowest BCUT2D eigenvalue weighted by Gasteiger charge is -2.20. The Bertz CT molecular complexity index is 1070. The predicted molar refractivity (Wildman–Crippen MR) is 120 cm³/mol. The fourth-order valence-corrected chi connectivity index (χ4v) is 3.87. The van der Waals surface area contributed by atoms with Gasteiger partial charge < -0.3 is 14.5 Å². The number of hydrogen-bond donors (Lipinski definition) is 1. The second kappa shape index (κ2) is 7.94. The van der Waals surface area contributed by atoms with Gasteiger partial charge in [-0.3, -0.25) is 4.79 Å². The van der Waals surface area contributed by atoms with Crippen LogP contribution in [0.25, 0.3) is 21.8 Å². The van der Waals surface area contributed by atoms with Gasteiger partial charge in [0, 0.05) is 35.0 Å². The molecule has 154 valence electrons. The molecule has 0 bridgehead atoms. The topological polar surface area (TPSA) is 51.3 Å². The molecule has 0 amide bonds. The summed E-state index contributed by atoms with van der Waals surface area (Å²) >= 11 is 0. The highest BCUT2D eigenvalue weighted by molar-refractivity contribution is 6.09. The van der Waals surface area contributed by atoms with Crippen molar-refractivity contribution in [2.75, 3.05) is 6.61 Å². The lowest BCUT2D eigenvalue weighted by molar-refractivity contribution is -0.145. The number of aromatic amines is 1. The molecule has 0 aliphatic rings. The Morgan fingerprint density at radius 2 is 2.00 bits per heavy atom. The van der Waals surface area contributed by atoms with Crippen LogP contribution in [0.5, 0.6) is 5.75 Å². The molecule has 0 spiro atoms. The van der Waals surface area contributed by atoms with Crippen LogP contribution in [-0.2, 0) is 21.4 Å². The summed E-state index contributed by atoms with van der Waals surface area (Å²) in [5.41, 5.74) is 5.47. The Balaban J connectivity index is 2.25. The monoisotopic (exact) mass is 393 g/mol. The van der Waals surface area contributed by atoms with Gasteiger partial charge in [-0.2, -0.15) is 0 Å². The van der Waals surface area contributed by atoms with Gasteiger partial charge >= 0.3 is 5.97 Å². The van der Waals surface area contributed by atoms with Gasteiger partial charge in [-0.25, -0.2) is 0 Å². The number of rotatable bonds is 7. The molecule has 1 heterocycles. The summed E-state index contributed by atoms with van der Waals surface area (Å²) < 4.78 is 11.4. The first-order chi connectivity index (χ1) is 13.7. The summed E-state index contributed by atoms with van der Waals surface area (Å²) in [7, 11) is 0. The lowest BCUT2D eigenvalue weighted by atomic mass is 9.84. The smallest absolute Gasteiger partial charge is 0.302 e. The maximum absolute atomic E-state index is 11.4. The van der Waals surface area contributed by atoms with Crippen molar-refractivity contribution in [1.82, 2.24) is 4.98 Å². The third-order valence-corrected chi connectivity index (χ3v) is 5.65. The summed E-state index contributed by atoms with van der Waals surface area (Å²) in [6.45, 7) is 16.3. The van der Waals surface area contributed by atoms with Crippen LogP contribution in [0.4, 0.5) is 0 Å². The first-order valence-corrected chi connectivity index (χ1v) is 10.2. The number of benzene rings is 2. The van der Waals surface area contributed by atoms with E-state index < -0.39 is 0 Å². The number of fused-ring (bicyclic) bond motifs is 3. The molecule has 4 heteroatoms. The third kappa shape index (κ3) is 4.02. The van der Waals surface area contributed by atoms with Crippen LogP contribution in [0, 0.1) is 6.92 Å². The van der Waals surface area contributed by atoms with E-state index in [1.165, 1.54) is 12.5 Å². The van der Waals surface area contributed by atoms with Gasteiger partial charge in [0.1, 0.15) is 11.9 Å². The Kier molecular flexibility index (Phi) is 5.74. The van der Waals surface area contributed by atoms with Gasteiger partial charge in [0.2, 0.25) is 0 Å². The molecule has 0 saturated heterocycles. The zero-order valence-corrected chi connectivity index (χ0v) is 18.3. The molecule has 29 heavy (non-hydrogen) atoms. The molecule has 3 aromatic rings. The molecule has 4 nitrogen and oxygen atoms in total. The SMILES string of the molecule is C=CC(C)(C)c1ccc2[nH]c3c(CC(C)OC(C)=O)c(C)c(OCC)cc3c2c1. The summed E-state index contributed by atoms with van der Waals surface area (Å²) in [6.07, 6.45) is 2.39. The average Bonchev–Trinajstić information content (AvgIpc) is 3.02. The number of aromatic nitrogens is 1. The van der Waals surface area contributed by atoms with E-state index in [1.54, 1.807) is 0 Å². The van der Waals surface area contributed by atoms with Crippen molar-refractivity contribution in [3.05, 3.63) is 53.6 Å². The number of nitrogens with one attached hydrogen (secondary N) is 1. The molecule has 0 saturated carbocycles. The minimum Gasteiger partial charge on any atom is -0.494 e. The van der Waals surface area contributed by atoms with Gasteiger partial charge in [-0.15, -0.1) is 6.58 Å². The molecule has 0 aliphatic heterocycles. The standard InChI is InChI=1S/C25H31NO3/c1-8-25(6,7)18-10-11-22-20(13-18)21-14-23(28-9-2)16(4)19(24(21)26-22)12-15(3)29-17(5)27/h8,10-11,13-15,26H,1,9,12H2,2-7H3. The molecule has 2 aromatic carbocycles. The normalized spacial score (nSPS) is 12.9. The van der Waals surface area contributed by atoms with Crippen molar-refractivity contribution >= 4 is 27.8 Å². The van der Waals surface area contributed by atoms with Crippen LogP contribution in [0.15, 0.2) is 36.9 Å². The largest absolute Gasteiger partial charge is 0.494 e. The second-order valence-electron chi connectivity index (χ2n) is 8.27. The van der Waals surface area contributed by atoms with Crippen molar-refractivity contribution in [2.45, 2.75) is 59.5 Å². The summed E-state index contributed by atoms with van der Waals surface area (Å²) in [5.74, 6) is 0.611. The molecule has 0 aliphatic carbocycles.